The molecule has 5 nitrogen and oxygen atoms in total. The molecule has 0 radical (unpaired) electrons. The number of benzene rings is 3. The number of fused-ring (bicyclic) bond motifs is 1. The molecule has 0 saturated carbocycles. The van der Waals surface area contributed by atoms with E-state index in [0.29, 0.717) is 20.6 Å². The topological polar surface area (TPSA) is 60.7 Å². The Kier molecular flexibility index (Phi) is 6.25. The van der Waals surface area contributed by atoms with Gasteiger partial charge in [0, 0.05) is 0 Å². The summed E-state index contributed by atoms with van der Waals surface area (Å²) in [4.78, 5) is 31.9. The van der Waals surface area contributed by atoms with E-state index < -0.39 is 17.8 Å². The van der Waals surface area contributed by atoms with E-state index in [9.17, 15) is 14.0 Å². The van der Waals surface area contributed by atoms with Gasteiger partial charge in [-0.1, -0.05) is 84.1 Å². The van der Waals surface area contributed by atoms with Crippen molar-refractivity contribution < 1.29 is 13.9 Å². The maximum absolute atomic E-state index is 13.7. The van der Waals surface area contributed by atoms with Crippen molar-refractivity contribution in [3.8, 4) is 0 Å². The monoisotopic (exact) mass is 484 g/mol. The molecule has 0 bridgehead atoms. The van der Waals surface area contributed by atoms with Gasteiger partial charge in [0.15, 0.2) is 4.80 Å². The predicted molar refractivity (Wildman–Crippen MR) is 133 cm³/mol. The maximum atomic E-state index is 13.7. The summed E-state index contributed by atoms with van der Waals surface area (Å²) in [5.41, 5.74) is 2.77. The minimum Gasteiger partial charge on any atom is -0.457 e. The first-order chi connectivity index (χ1) is 17.0. The van der Waals surface area contributed by atoms with Crippen LogP contribution in [0.25, 0.3) is 6.08 Å². The second kappa shape index (κ2) is 9.64. The first-order valence-corrected chi connectivity index (χ1v) is 11.9. The van der Waals surface area contributed by atoms with Crippen LogP contribution in [0.5, 0.6) is 0 Å². The molecule has 35 heavy (non-hydrogen) atoms. The van der Waals surface area contributed by atoms with Crippen molar-refractivity contribution in [1.82, 2.24) is 4.57 Å². The minimum absolute atomic E-state index is 0.0883. The average Bonchev–Trinajstić information content (AvgIpc) is 3.17. The van der Waals surface area contributed by atoms with E-state index in [1.54, 1.807) is 25.1 Å². The van der Waals surface area contributed by atoms with Gasteiger partial charge in [-0.15, -0.1) is 0 Å². The van der Waals surface area contributed by atoms with Crippen molar-refractivity contribution in [2.75, 3.05) is 0 Å². The fourth-order valence-electron chi connectivity index (χ4n) is 4.04. The number of carbonyl (C=O) groups excluding carboxylic acids is 1. The van der Waals surface area contributed by atoms with Crippen LogP contribution in [0.15, 0.2) is 106 Å². The highest BCUT2D eigenvalue weighted by Gasteiger charge is 2.33. The molecule has 0 fully saturated rings. The van der Waals surface area contributed by atoms with Gasteiger partial charge in [0.25, 0.3) is 5.56 Å². The molecule has 1 aliphatic rings. The van der Waals surface area contributed by atoms with Crippen LogP contribution in [0, 0.1) is 5.82 Å². The van der Waals surface area contributed by atoms with Crippen LogP contribution >= 0.6 is 11.3 Å². The SMILES string of the molecule is CC1=C(C(=O)OCc2ccccc2)[C@H](c2ccc(F)cc2)n2c(s/c(=C\c3ccccc3)c2=O)=N1. The van der Waals surface area contributed by atoms with Crippen molar-refractivity contribution in [3.05, 3.63) is 138 Å². The average molecular weight is 485 g/mol. The van der Waals surface area contributed by atoms with Crippen molar-refractivity contribution in [2.45, 2.75) is 19.6 Å². The zero-order valence-corrected chi connectivity index (χ0v) is 19.7. The van der Waals surface area contributed by atoms with Crippen molar-refractivity contribution in [2.24, 2.45) is 4.99 Å². The summed E-state index contributed by atoms with van der Waals surface area (Å²) < 4.78 is 21.3. The number of thiazole rings is 1. The molecule has 7 heteroatoms. The van der Waals surface area contributed by atoms with Crippen LogP contribution in [0.3, 0.4) is 0 Å². The third-order valence-electron chi connectivity index (χ3n) is 5.74. The minimum atomic E-state index is -0.784. The number of nitrogens with zero attached hydrogens (tertiary/aromatic N) is 2. The summed E-state index contributed by atoms with van der Waals surface area (Å²) in [5, 5.41) is 0. The molecule has 0 spiro atoms. The number of carbonyl (C=O) groups is 1. The number of halogens is 1. The molecule has 1 atom stereocenters. The highest BCUT2D eigenvalue weighted by molar-refractivity contribution is 7.07. The summed E-state index contributed by atoms with van der Waals surface area (Å²) in [6.07, 6.45) is 1.80. The van der Waals surface area contributed by atoms with Gasteiger partial charge in [0.2, 0.25) is 0 Å². The Balaban J connectivity index is 1.61. The molecule has 0 unspecified atom stereocenters. The second-order valence-corrected chi connectivity index (χ2v) is 9.11. The van der Waals surface area contributed by atoms with Gasteiger partial charge in [-0.2, -0.15) is 0 Å². The van der Waals surface area contributed by atoms with E-state index >= 15 is 0 Å². The van der Waals surface area contributed by atoms with Gasteiger partial charge in [0.1, 0.15) is 12.4 Å². The third-order valence-corrected chi connectivity index (χ3v) is 6.72. The second-order valence-electron chi connectivity index (χ2n) is 8.11. The number of allylic oxidation sites excluding steroid dienone is 1. The number of hydrogen-bond donors (Lipinski definition) is 0. The Labute approximate surface area is 204 Å². The molecule has 1 aliphatic heterocycles. The largest absolute Gasteiger partial charge is 0.457 e. The van der Waals surface area contributed by atoms with Crippen LogP contribution in [0.2, 0.25) is 0 Å². The fourth-order valence-corrected chi connectivity index (χ4v) is 5.09. The smallest absolute Gasteiger partial charge is 0.338 e. The van der Waals surface area contributed by atoms with Gasteiger partial charge in [0.05, 0.1) is 21.8 Å². The lowest BCUT2D eigenvalue weighted by Gasteiger charge is -2.24. The lowest BCUT2D eigenvalue weighted by molar-refractivity contribution is -0.140. The molecule has 1 aromatic heterocycles. The summed E-state index contributed by atoms with van der Waals surface area (Å²) >= 11 is 1.25. The van der Waals surface area contributed by atoms with Gasteiger partial charge in [-0.25, -0.2) is 14.2 Å². The predicted octanol–water partition coefficient (Wildman–Crippen LogP) is 4.12. The quantitative estimate of drug-likeness (QED) is 0.401. The molecular formula is C28H21FN2O3S. The fraction of sp³-hybridized carbons (Fsp3) is 0.107. The van der Waals surface area contributed by atoms with Crippen molar-refractivity contribution in [3.63, 3.8) is 0 Å². The Hall–Kier alpha value is -4.10. The summed E-state index contributed by atoms with van der Waals surface area (Å²) in [5.74, 6) is -0.971. The molecular weight excluding hydrogens is 463 g/mol. The zero-order valence-electron chi connectivity index (χ0n) is 18.9. The first kappa shape index (κ1) is 22.7. The molecule has 2 heterocycles. The lowest BCUT2D eigenvalue weighted by Crippen LogP contribution is -2.39. The standard InChI is InChI=1S/C28H21FN2O3S/c1-18-24(27(33)34-17-20-10-6-3-7-11-20)25(21-12-14-22(29)15-13-21)31-26(32)23(35-28(31)30-18)16-19-8-4-2-5-9-19/h2-16,25H,17H2,1H3/b23-16-/t25-/m0/s1. The van der Waals surface area contributed by atoms with Crippen LogP contribution in [-0.4, -0.2) is 10.5 Å². The van der Waals surface area contributed by atoms with Crippen molar-refractivity contribution >= 4 is 23.4 Å². The van der Waals surface area contributed by atoms with E-state index in [2.05, 4.69) is 4.99 Å². The van der Waals surface area contributed by atoms with E-state index in [-0.39, 0.29) is 17.7 Å². The third kappa shape index (κ3) is 4.63. The van der Waals surface area contributed by atoms with Crippen molar-refractivity contribution in [1.29, 1.82) is 0 Å². The number of aromatic nitrogens is 1. The van der Waals surface area contributed by atoms with E-state index in [1.807, 2.05) is 60.7 Å². The highest BCUT2D eigenvalue weighted by atomic mass is 32.1. The van der Waals surface area contributed by atoms with Crippen LogP contribution in [0.1, 0.15) is 29.7 Å². The summed E-state index contributed by atoms with van der Waals surface area (Å²) in [7, 11) is 0. The molecule has 3 aromatic carbocycles. The Morgan fingerprint density at radius 2 is 1.69 bits per heavy atom. The Morgan fingerprint density at radius 1 is 1.03 bits per heavy atom. The summed E-state index contributed by atoms with van der Waals surface area (Å²) in [6.45, 7) is 1.81. The number of rotatable bonds is 5. The molecule has 4 aromatic rings. The normalized spacial score (nSPS) is 15.5. The summed E-state index contributed by atoms with van der Waals surface area (Å²) in [6, 6.07) is 23.9. The van der Waals surface area contributed by atoms with E-state index in [4.69, 9.17) is 4.74 Å². The van der Waals surface area contributed by atoms with Gasteiger partial charge in [-0.3, -0.25) is 9.36 Å². The zero-order chi connectivity index (χ0) is 24.4. The van der Waals surface area contributed by atoms with Crippen LogP contribution in [-0.2, 0) is 16.1 Å². The Morgan fingerprint density at radius 3 is 2.37 bits per heavy atom. The number of hydrogen-bond acceptors (Lipinski definition) is 5. The van der Waals surface area contributed by atoms with E-state index in [0.717, 1.165) is 11.1 Å². The molecule has 0 saturated heterocycles. The molecule has 5 rings (SSSR count). The van der Waals surface area contributed by atoms with Gasteiger partial charge in [-0.05, 0) is 41.8 Å². The first-order valence-electron chi connectivity index (χ1n) is 11.1. The lowest BCUT2D eigenvalue weighted by atomic mass is 9.96. The van der Waals surface area contributed by atoms with E-state index in [1.165, 1.54) is 28.0 Å². The number of esters is 1. The molecule has 0 N–H and O–H groups in total. The highest BCUT2D eigenvalue weighted by Crippen LogP contribution is 2.31. The molecule has 0 amide bonds. The maximum Gasteiger partial charge on any atom is 0.338 e. The van der Waals surface area contributed by atoms with Gasteiger partial charge < -0.3 is 4.74 Å². The van der Waals surface area contributed by atoms with Crippen LogP contribution in [0.4, 0.5) is 4.39 Å². The molecule has 174 valence electrons. The number of ether oxygens (including phenoxy) is 1. The Bertz CT molecular complexity index is 1590. The molecule has 0 aliphatic carbocycles. The van der Waals surface area contributed by atoms with Crippen LogP contribution < -0.4 is 14.9 Å². The van der Waals surface area contributed by atoms with Gasteiger partial charge >= 0.3 is 5.97 Å².